The molecule has 2 heterocycles. The van der Waals surface area contributed by atoms with Crippen LogP contribution in [0.25, 0.3) is 0 Å². The predicted octanol–water partition coefficient (Wildman–Crippen LogP) is 1.50. The molecule has 172 valence electrons. The van der Waals surface area contributed by atoms with Crippen molar-refractivity contribution < 1.29 is 28.9 Å². The Hall–Kier alpha value is -3.36. The first-order chi connectivity index (χ1) is 16.1. The number of carbonyl (C=O) groups excluding carboxylic acids is 2. The van der Waals surface area contributed by atoms with E-state index in [9.17, 15) is 14.7 Å². The van der Waals surface area contributed by atoms with Crippen molar-refractivity contribution in [3.63, 3.8) is 0 Å². The monoisotopic (exact) mass is 450 g/mol. The molecule has 5 rings (SSSR count). The number of nitrogens with one attached hydrogen (secondary N) is 2. The number of hydrogen-bond donors (Lipinski definition) is 3. The van der Waals surface area contributed by atoms with E-state index in [0.717, 1.165) is 12.8 Å². The summed E-state index contributed by atoms with van der Waals surface area (Å²) in [5.74, 6) is 0.709. The van der Waals surface area contributed by atoms with Crippen LogP contribution in [0.4, 0.5) is 0 Å². The van der Waals surface area contributed by atoms with Crippen molar-refractivity contribution in [3.05, 3.63) is 71.3 Å². The zero-order valence-electron chi connectivity index (χ0n) is 18.0. The number of amides is 2. The Morgan fingerprint density at radius 1 is 0.970 bits per heavy atom. The van der Waals surface area contributed by atoms with Gasteiger partial charge in [0.05, 0.1) is 25.2 Å². The average Bonchev–Trinajstić information content (AvgIpc) is 3.45. The van der Waals surface area contributed by atoms with Crippen LogP contribution in [0.15, 0.2) is 54.6 Å². The van der Waals surface area contributed by atoms with Crippen LogP contribution in [-0.2, 0) is 22.4 Å². The number of ether oxygens (including phenoxy) is 3. The van der Waals surface area contributed by atoms with Gasteiger partial charge in [-0.2, -0.15) is 0 Å². The lowest BCUT2D eigenvalue weighted by Crippen LogP contribution is -2.49. The second-order valence-corrected chi connectivity index (χ2v) is 8.49. The van der Waals surface area contributed by atoms with Crippen LogP contribution in [0.2, 0.25) is 0 Å². The number of fused-ring (bicyclic) bond motifs is 2. The van der Waals surface area contributed by atoms with Crippen LogP contribution in [-0.4, -0.2) is 54.6 Å². The van der Waals surface area contributed by atoms with E-state index in [1.165, 1.54) is 11.1 Å². The third-order valence-corrected chi connectivity index (χ3v) is 6.20. The molecule has 2 aliphatic heterocycles. The molecule has 2 aromatic carbocycles. The summed E-state index contributed by atoms with van der Waals surface area (Å²) in [4.78, 5) is 25.2. The molecule has 3 N–H and O–H groups in total. The van der Waals surface area contributed by atoms with Gasteiger partial charge in [-0.25, -0.2) is 0 Å². The summed E-state index contributed by atoms with van der Waals surface area (Å²) >= 11 is 0. The van der Waals surface area contributed by atoms with Gasteiger partial charge >= 0.3 is 0 Å². The maximum absolute atomic E-state index is 12.7. The second kappa shape index (κ2) is 9.25. The first-order valence-corrected chi connectivity index (χ1v) is 11.1. The summed E-state index contributed by atoms with van der Waals surface area (Å²) in [6, 6.07) is 12.7. The summed E-state index contributed by atoms with van der Waals surface area (Å²) < 4.78 is 16.5. The average molecular weight is 450 g/mol. The molecule has 0 spiro atoms. The standard InChI is InChI=1S/C25H26N2O6/c28-13-23-20(27-25(30)17-5-8-21-22(11-17)32-14-31-21)7-6-19(33-23)12-24(29)26-18-9-15-3-1-2-4-16(15)10-18/h1-8,11,18-20,23,28H,9-10,12-14H2,(H,26,29)(H,27,30)/t19-,20+,23-/m0/s1. The molecule has 1 aliphatic carbocycles. The minimum atomic E-state index is -0.651. The van der Waals surface area contributed by atoms with E-state index in [4.69, 9.17) is 14.2 Å². The van der Waals surface area contributed by atoms with Gasteiger partial charge in [-0.05, 0) is 42.2 Å². The first-order valence-electron chi connectivity index (χ1n) is 11.1. The smallest absolute Gasteiger partial charge is 0.251 e. The Balaban J connectivity index is 1.15. The molecule has 8 heteroatoms. The van der Waals surface area contributed by atoms with Gasteiger partial charge < -0.3 is 30.0 Å². The van der Waals surface area contributed by atoms with Gasteiger partial charge in [0, 0.05) is 11.6 Å². The third kappa shape index (κ3) is 4.72. The lowest BCUT2D eigenvalue weighted by Gasteiger charge is -2.31. The lowest BCUT2D eigenvalue weighted by atomic mass is 10.0. The van der Waals surface area contributed by atoms with E-state index >= 15 is 0 Å². The van der Waals surface area contributed by atoms with Gasteiger partial charge in [0.1, 0.15) is 6.10 Å². The van der Waals surface area contributed by atoms with Crippen LogP contribution in [0, 0.1) is 0 Å². The number of rotatable bonds is 6. The molecule has 0 aromatic heterocycles. The van der Waals surface area contributed by atoms with E-state index in [1.807, 2.05) is 12.1 Å². The van der Waals surface area contributed by atoms with Crippen molar-refractivity contribution in [1.29, 1.82) is 0 Å². The number of carbonyl (C=O) groups is 2. The molecular formula is C25H26N2O6. The number of aliphatic hydroxyl groups is 1. The minimum Gasteiger partial charge on any atom is -0.454 e. The minimum absolute atomic E-state index is 0.0878. The van der Waals surface area contributed by atoms with Gasteiger partial charge in [-0.15, -0.1) is 0 Å². The normalized spacial score (nSPS) is 23.2. The highest BCUT2D eigenvalue weighted by molar-refractivity contribution is 5.95. The zero-order chi connectivity index (χ0) is 22.8. The number of benzene rings is 2. The maximum Gasteiger partial charge on any atom is 0.251 e. The van der Waals surface area contributed by atoms with Crippen LogP contribution < -0.4 is 20.1 Å². The fraction of sp³-hybridized carbons (Fsp3) is 0.360. The summed E-state index contributed by atoms with van der Waals surface area (Å²) in [5.41, 5.74) is 2.97. The molecule has 0 saturated heterocycles. The molecule has 0 radical (unpaired) electrons. The maximum atomic E-state index is 12.7. The number of aliphatic hydroxyl groups excluding tert-OH is 1. The fourth-order valence-corrected chi connectivity index (χ4v) is 4.54. The zero-order valence-corrected chi connectivity index (χ0v) is 18.0. The summed E-state index contributed by atoms with van der Waals surface area (Å²) in [6.07, 6.45) is 4.24. The lowest BCUT2D eigenvalue weighted by molar-refractivity contribution is -0.126. The van der Waals surface area contributed by atoms with Gasteiger partial charge in [-0.1, -0.05) is 36.4 Å². The fourth-order valence-electron chi connectivity index (χ4n) is 4.54. The highest BCUT2D eigenvalue weighted by Gasteiger charge is 2.30. The predicted molar refractivity (Wildman–Crippen MR) is 119 cm³/mol. The molecular weight excluding hydrogens is 424 g/mol. The highest BCUT2D eigenvalue weighted by atomic mass is 16.7. The summed E-state index contributed by atoms with van der Waals surface area (Å²) in [7, 11) is 0. The molecule has 3 aliphatic rings. The Labute approximate surface area is 191 Å². The van der Waals surface area contributed by atoms with E-state index in [0.29, 0.717) is 17.1 Å². The Kier molecular flexibility index (Phi) is 6.02. The largest absolute Gasteiger partial charge is 0.454 e. The quantitative estimate of drug-likeness (QED) is 0.576. The van der Waals surface area contributed by atoms with Crippen molar-refractivity contribution in [2.45, 2.75) is 43.6 Å². The van der Waals surface area contributed by atoms with E-state index in [1.54, 1.807) is 30.4 Å². The Morgan fingerprint density at radius 2 is 1.73 bits per heavy atom. The van der Waals surface area contributed by atoms with Gasteiger partial charge in [0.2, 0.25) is 12.7 Å². The number of hydrogen-bond acceptors (Lipinski definition) is 6. The Morgan fingerprint density at radius 3 is 2.48 bits per heavy atom. The van der Waals surface area contributed by atoms with Gasteiger partial charge in [0.15, 0.2) is 11.5 Å². The van der Waals surface area contributed by atoms with Crippen LogP contribution in [0.1, 0.15) is 27.9 Å². The van der Waals surface area contributed by atoms with Crippen molar-refractivity contribution in [1.82, 2.24) is 10.6 Å². The summed E-state index contributed by atoms with van der Waals surface area (Å²) in [6.45, 7) is -0.151. The second-order valence-electron chi connectivity index (χ2n) is 8.49. The molecule has 0 fully saturated rings. The van der Waals surface area contributed by atoms with Gasteiger partial charge in [0.25, 0.3) is 5.91 Å². The molecule has 33 heavy (non-hydrogen) atoms. The van der Waals surface area contributed by atoms with E-state index in [2.05, 4.69) is 22.8 Å². The molecule has 8 nitrogen and oxygen atoms in total. The van der Waals surface area contributed by atoms with E-state index < -0.39 is 18.2 Å². The molecule has 0 saturated carbocycles. The topological polar surface area (TPSA) is 106 Å². The molecule has 2 amide bonds. The molecule has 3 atom stereocenters. The van der Waals surface area contributed by atoms with Crippen LogP contribution in [0.5, 0.6) is 11.5 Å². The van der Waals surface area contributed by atoms with Crippen molar-refractivity contribution >= 4 is 11.8 Å². The van der Waals surface area contributed by atoms with E-state index in [-0.39, 0.29) is 37.7 Å². The molecule has 2 aromatic rings. The third-order valence-electron chi connectivity index (χ3n) is 6.20. The van der Waals surface area contributed by atoms with Crippen LogP contribution in [0.3, 0.4) is 0 Å². The van der Waals surface area contributed by atoms with Gasteiger partial charge in [-0.3, -0.25) is 9.59 Å². The first kappa shape index (κ1) is 21.5. The SMILES string of the molecule is O=C(C[C@@H]1C=C[C@@H](NC(=O)c2ccc3c(c2)OCO3)[C@H](CO)O1)NC1Cc2ccccc2C1. The molecule has 0 bridgehead atoms. The molecule has 0 unspecified atom stereocenters. The van der Waals surface area contributed by atoms with Crippen molar-refractivity contribution in [3.8, 4) is 11.5 Å². The Bertz CT molecular complexity index is 1060. The highest BCUT2D eigenvalue weighted by Crippen LogP contribution is 2.32. The summed E-state index contributed by atoms with van der Waals surface area (Å²) in [5, 5.41) is 15.8. The van der Waals surface area contributed by atoms with Crippen molar-refractivity contribution in [2.24, 2.45) is 0 Å². The van der Waals surface area contributed by atoms with Crippen molar-refractivity contribution in [2.75, 3.05) is 13.4 Å². The van der Waals surface area contributed by atoms with Crippen LogP contribution >= 0.6 is 0 Å².